The number of morpholine rings is 1. The van der Waals surface area contributed by atoms with E-state index < -0.39 is 0 Å². The van der Waals surface area contributed by atoms with E-state index in [1.807, 2.05) is 0 Å². The number of esters is 1. The molecule has 2 saturated heterocycles. The van der Waals surface area contributed by atoms with Crippen molar-refractivity contribution in [3.8, 4) is 0 Å². The SMILES string of the molecule is CC(=O)OC1CC2CCC3C(CCC4(C)C(O)C(N5CCCC5)CC34)C2(C)CC1N1CCOCC1. The first-order valence-corrected chi connectivity index (χ1v) is 14.7. The lowest BCUT2D eigenvalue weighted by Crippen LogP contribution is -2.61. The van der Waals surface area contributed by atoms with Gasteiger partial charge < -0.3 is 14.6 Å². The van der Waals surface area contributed by atoms with Gasteiger partial charge in [-0.3, -0.25) is 14.6 Å². The van der Waals surface area contributed by atoms with Crippen molar-refractivity contribution in [2.24, 2.45) is 34.5 Å². The summed E-state index contributed by atoms with van der Waals surface area (Å²) in [4.78, 5) is 17.2. The molecule has 6 nitrogen and oxygen atoms in total. The number of hydrogen-bond donors (Lipinski definition) is 1. The number of likely N-dealkylation sites (tertiary alicyclic amines) is 1. The van der Waals surface area contributed by atoms with Crippen LogP contribution in [0.2, 0.25) is 0 Å². The number of aliphatic hydroxyl groups is 1. The molecule has 0 aromatic rings. The molecule has 0 radical (unpaired) electrons. The highest BCUT2D eigenvalue weighted by atomic mass is 16.5. The molecule has 6 fully saturated rings. The Hall–Kier alpha value is -0.690. The molecule has 6 rings (SSSR count). The van der Waals surface area contributed by atoms with Gasteiger partial charge in [-0.1, -0.05) is 13.8 Å². The summed E-state index contributed by atoms with van der Waals surface area (Å²) in [6.45, 7) is 12.4. The molecule has 0 bridgehead atoms. The van der Waals surface area contributed by atoms with E-state index in [-0.39, 0.29) is 23.6 Å². The molecule has 10 unspecified atom stereocenters. The Bertz CT molecular complexity index is 796. The van der Waals surface area contributed by atoms with Crippen molar-refractivity contribution in [1.82, 2.24) is 9.80 Å². The van der Waals surface area contributed by atoms with Crippen molar-refractivity contribution in [2.45, 2.75) is 103 Å². The van der Waals surface area contributed by atoms with Gasteiger partial charge in [0.15, 0.2) is 0 Å². The average molecular weight is 489 g/mol. The minimum absolute atomic E-state index is 0.0157. The predicted octanol–water partition coefficient (Wildman–Crippen LogP) is 3.71. The Kier molecular flexibility index (Phi) is 6.51. The van der Waals surface area contributed by atoms with Crippen molar-refractivity contribution < 1.29 is 19.4 Å². The maximum absolute atomic E-state index is 12.0. The zero-order valence-electron chi connectivity index (χ0n) is 22.3. The fraction of sp³-hybridized carbons (Fsp3) is 0.966. The largest absolute Gasteiger partial charge is 0.461 e. The second kappa shape index (κ2) is 9.25. The second-order valence-electron chi connectivity index (χ2n) is 13.5. The predicted molar refractivity (Wildman–Crippen MR) is 135 cm³/mol. The molecule has 0 aromatic carbocycles. The maximum atomic E-state index is 12.0. The first kappa shape index (κ1) is 24.6. The zero-order chi connectivity index (χ0) is 24.4. The molecule has 0 aromatic heterocycles. The molecular formula is C29H48N2O4. The Balaban J connectivity index is 1.26. The van der Waals surface area contributed by atoms with Crippen LogP contribution in [0.1, 0.15) is 78.6 Å². The zero-order valence-corrected chi connectivity index (χ0v) is 22.3. The minimum Gasteiger partial charge on any atom is -0.461 e. The molecule has 1 N–H and O–H groups in total. The molecule has 2 aliphatic heterocycles. The van der Waals surface area contributed by atoms with E-state index in [1.165, 1.54) is 58.0 Å². The van der Waals surface area contributed by atoms with Crippen LogP contribution < -0.4 is 0 Å². The molecule has 6 heteroatoms. The fourth-order valence-corrected chi connectivity index (χ4v) is 10.3. The van der Waals surface area contributed by atoms with Crippen molar-refractivity contribution in [1.29, 1.82) is 0 Å². The maximum Gasteiger partial charge on any atom is 0.302 e. The highest BCUT2D eigenvalue weighted by molar-refractivity contribution is 5.66. The molecule has 6 aliphatic rings. The lowest BCUT2D eigenvalue weighted by atomic mass is 9.44. The van der Waals surface area contributed by atoms with Gasteiger partial charge in [-0.2, -0.15) is 0 Å². The van der Waals surface area contributed by atoms with Crippen LogP contribution in [0.25, 0.3) is 0 Å². The first-order chi connectivity index (χ1) is 16.8. The third-order valence-electron chi connectivity index (χ3n) is 12.1. The van der Waals surface area contributed by atoms with E-state index in [9.17, 15) is 9.90 Å². The van der Waals surface area contributed by atoms with Crippen molar-refractivity contribution >= 4 is 5.97 Å². The summed E-state index contributed by atoms with van der Waals surface area (Å²) < 4.78 is 11.7. The normalized spacial score (nSPS) is 50.9. The van der Waals surface area contributed by atoms with Gasteiger partial charge in [0.1, 0.15) is 6.10 Å². The summed E-state index contributed by atoms with van der Waals surface area (Å²) in [5, 5.41) is 11.6. The van der Waals surface area contributed by atoms with Crippen LogP contribution in [0.3, 0.4) is 0 Å². The molecule has 2 heterocycles. The van der Waals surface area contributed by atoms with E-state index in [0.29, 0.717) is 29.3 Å². The Morgan fingerprint density at radius 2 is 1.63 bits per heavy atom. The topological polar surface area (TPSA) is 62.2 Å². The molecule has 10 atom stereocenters. The molecule has 4 saturated carbocycles. The van der Waals surface area contributed by atoms with Gasteiger partial charge in [0.25, 0.3) is 0 Å². The third-order valence-corrected chi connectivity index (χ3v) is 12.1. The van der Waals surface area contributed by atoms with Crippen molar-refractivity contribution in [3.05, 3.63) is 0 Å². The smallest absolute Gasteiger partial charge is 0.302 e. The van der Waals surface area contributed by atoms with Crippen LogP contribution >= 0.6 is 0 Å². The summed E-state index contributed by atoms with van der Waals surface area (Å²) in [5.41, 5.74) is 0.372. The van der Waals surface area contributed by atoms with Gasteiger partial charge in [0.2, 0.25) is 0 Å². The van der Waals surface area contributed by atoms with Gasteiger partial charge >= 0.3 is 5.97 Å². The van der Waals surface area contributed by atoms with Gasteiger partial charge in [-0.25, -0.2) is 0 Å². The summed E-state index contributed by atoms with van der Waals surface area (Å²) in [5.74, 6) is 2.61. The summed E-state index contributed by atoms with van der Waals surface area (Å²) in [6.07, 6.45) is 10.8. The molecule has 0 spiro atoms. The van der Waals surface area contributed by atoms with E-state index >= 15 is 0 Å². The van der Waals surface area contributed by atoms with Crippen LogP contribution in [-0.2, 0) is 14.3 Å². The van der Waals surface area contributed by atoms with Crippen molar-refractivity contribution in [3.63, 3.8) is 0 Å². The Morgan fingerprint density at radius 1 is 0.914 bits per heavy atom. The Morgan fingerprint density at radius 3 is 2.34 bits per heavy atom. The van der Waals surface area contributed by atoms with Gasteiger partial charge in [-0.05, 0) is 105 Å². The van der Waals surface area contributed by atoms with E-state index in [0.717, 1.165) is 51.0 Å². The Labute approximate surface area is 212 Å². The van der Waals surface area contributed by atoms with Crippen LogP contribution in [-0.4, -0.2) is 84.6 Å². The summed E-state index contributed by atoms with van der Waals surface area (Å²) >= 11 is 0. The molecule has 0 amide bonds. The number of fused-ring (bicyclic) bond motifs is 5. The highest BCUT2D eigenvalue weighted by Gasteiger charge is 2.64. The minimum atomic E-state index is -0.169. The number of ether oxygens (including phenoxy) is 2. The van der Waals surface area contributed by atoms with Crippen LogP contribution in [0, 0.1) is 34.5 Å². The number of aliphatic hydroxyl groups excluding tert-OH is 1. The first-order valence-electron chi connectivity index (χ1n) is 14.7. The molecular weight excluding hydrogens is 440 g/mol. The highest BCUT2D eigenvalue weighted by Crippen LogP contribution is 2.67. The van der Waals surface area contributed by atoms with Crippen LogP contribution in [0.4, 0.5) is 0 Å². The molecule has 198 valence electrons. The molecule has 4 aliphatic carbocycles. The monoisotopic (exact) mass is 488 g/mol. The number of rotatable bonds is 3. The summed E-state index contributed by atoms with van der Waals surface area (Å²) in [7, 11) is 0. The van der Waals surface area contributed by atoms with Gasteiger partial charge in [0.05, 0.1) is 19.3 Å². The number of hydrogen-bond acceptors (Lipinski definition) is 6. The quantitative estimate of drug-likeness (QED) is 0.611. The van der Waals surface area contributed by atoms with E-state index in [4.69, 9.17) is 9.47 Å². The molecule has 35 heavy (non-hydrogen) atoms. The summed E-state index contributed by atoms with van der Waals surface area (Å²) in [6, 6.07) is 0.681. The number of nitrogens with zero attached hydrogens (tertiary/aromatic N) is 2. The lowest BCUT2D eigenvalue weighted by molar-refractivity contribution is -0.178. The van der Waals surface area contributed by atoms with Crippen LogP contribution in [0.15, 0.2) is 0 Å². The standard InChI is InChI=1S/C29H48N2O4/c1-19(32)35-26-16-20-6-7-21-22(29(20,3)18-25(26)31-12-14-34-15-13-31)8-9-28(2)23(21)17-24(27(28)33)30-10-4-5-11-30/h20-27,33H,4-18H2,1-3H3. The number of carbonyl (C=O) groups is 1. The number of carbonyl (C=O) groups excluding carboxylic acids is 1. The average Bonchev–Trinajstić information content (AvgIpc) is 3.46. The van der Waals surface area contributed by atoms with Gasteiger partial charge in [0, 0.05) is 32.1 Å². The van der Waals surface area contributed by atoms with Gasteiger partial charge in [-0.15, -0.1) is 0 Å². The third kappa shape index (κ3) is 4.00. The van der Waals surface area contributed by atoms with Crippen LogP contribution in [0.5, 0.6) is 0 Å². The van der Waals surface area contributed by atoms with Crippen molar-refractivity contribution in [2.75, 3.05) is 39.4 Å². The fourth-order valence-electron chi connectivity index (χ4n) is 10.3. The van der Waals surface area contributed by atoms with E-state index in [1.54, 1.807) is 6.92 Å². The van der Waals surface area contributed by atoms with E-state index in [2.05, 4.69) is 23.6 Å². The second-order valence-corrected chi connectivity index (χ2v) is 13.5. The lowest BCUT2D eigenvalue weighted by Gasteiger charge is -2.62.